The van der Waals surface area contributed by atoms with E-state index in [1.807, 2.05) is 0 Å². The van der Waals surface area contributed by atoms with Gasteiger partial charge in [-0.15, -0.1) is 10.2 Å². The molecule has 1 aliphatic rings. The van der Waals surface area contributed by atoms with Gasteiger partial charge >= 0.3 is 0 Å². The van der Waals surface area contributed by atoms with Crippen molar-refractivity contribution in [3.8, 4) is 0 Å². The highest BCUT2D eigenvalue weighted by molar-refractivity contribution is 5.02. The summed E-state index contributed by atoms with van der Waals surface area (Å²) in [6, 6.07) is 0.0667. The monoisotopic (exact) mass is 252 g/mol. The van der Waals surface area contributed by atoms with E-state index in [0.717, 1.165) is 5.82 Å². The lowest BCUT2D eigenvalue weighted by molar-refractivity contribution is 0.0709. The number of rotatable bonds is 4. The molecule has 6 heteroatoms. The van der Waals surface area contributed by atoms with Crippen LogP contribution in [0.25, 0.3) is 0 Å². The van der Waals surface area contributed by atoms with Crippen molar-refractivity contribution in [3.05, 3.63) is 5.82 Å². The average Bonchev–Trinajstić information content (AvgIpc) is 2.75. The molecule has 0 saturated heterocycles. The molecule has 18 heavy (non-hydrogen) atoms. The molecule has 1 saturated carbocycles. The van der Waals surface area contributed by atoms with Crippen LogP contribution in [-0.4, -0.2) is 50.8 Å². The molecule has 1 atom stereocenters. The minimum absolute atomic E-state index is 0.0667. The molecule has 102 valence electrons. The number of tetrazole rings is 1. The van der Waals surface area contributed by atoms with Crippen molar-refractivity contribution in [3.63, 3.8) is 0 Å². The zero-order chi connectivity index (χ0) is 13.2. The first-order valence-corrected chi connectivity index (χ1v) is 6.70. The maximum absolute atomic E-state index is 6.47. The number of nitrogens with zero attached hydrogens (tertiary/aromatic N) is 5. The van der Waals surface area contributed by atoms with Crippen LogP contribution < -0.4 is 5.73 Å². The first kappa shape index (κ1) is 13.4. The first-order valence-electron chi connectivity index (χ1n) is 6.70. The van der Waals surface area contributed by atoms with Crippen LogP contribution in [-0.2, 0) is 13.5 Å². The Labute approximate surface area is 109 Å². The fourth-order valence-electron chi connectivity index (χ4n) is 3.11. The van der Waals surface area contributed by atoms with E-state index in [1.165, 1.54) is 36.9 Å². The minimum atomic E-state index is 0.0667. The molecule has 1 aromatic rings. The van der Waals surface area contributed by atoms with Crippen molar-refractivity contribution in [1.29, 1.82) is 0 Å². The molecule has 0 aromatic carbocycles. The van der Waals surface area contributed by atoms with E-state index in [2.05, 4.69) is 34.4 Å². The van der Waals surface area contributed by atoms with E-state index < -0.39 is 0 Å². The molecule has 0 spiro atoms. The minimum Gasteiger partial charge on any atom is -0.326 e. The quantitative estimate of drug-likeness (QED) is 0.837. The number of aryl methyl sites for hydroxylation is 1. The van der Waals surface area contributed by atoms with E-state index in [-0.39, 0.29) is 11.6 Å². The second-order valence-corrected chi connectivity index (χ2v) is 5.56. The van der Waals surface area contributed by atoms with Crippen LogP contribution in [0.4, 0.5) is 0 Å². The Morgan fingerprint density at radius 2 is 2.00 bits per heavy atom. The lowest BCUT2D eigenvalue weighted by Crippen LogP contribution is -2.59. The predicted molar refractivity (Wildman–Crippen MR) is 70.0 cm³/mol. The lowest BCUT2D eigenvalue weighted by Gasteiger charge is -2.47. The normalized spacial score (nSPS) is 21.2. The molecule has 1 aliphatic carbocycles. The zero-order valence-electron chi connectivity index (χ0n) is 11.6. The number of likely N-dealkylation sites (N-methyl/N-ethyl adjacent to an activating group) is 1. The summed E-state index contributed by atoms with van der Waals surface area (Å²) in [6.45, 7) is 0. The average molecular weight is 252 g/mol. The molecule has 0 aliphatic heterocycles. The van der Waals surface area contributed by atoms with Crippen molar-refractivity contribution in [2.45, 2.75) is 50.1 Å². The van der Waals surface area contributed by atoms with Gasteiger partial charge in [0.05, 0.1) is 7.05 Å². The van der Waals surface area contributed by atoms with Gasteiger partial charge in [0.2, 0.25) is 0 Å². The van der Waals surface area contributed by atoms with Gasteiger partial charge in [0, 0.05) is 18.0 Å². The molecule has 2 rings (SSSR count). The summed E-state index contributed by atoms with van der Waals surface area (Å²) in [5.41, 5.74) is 6.56. The van der Waals surface area contributed by atoms with E-state index in [1.54, 1.807) is 7.05 Å². The summed E-state index contributed by atoms with van der Waals surface area (Å²) >= 11 is 0. The second kappa shape index (κ2) is 5.32. The van der Waals surface area contributed by atoms with Crippen molar-refractivity contribution in [2.24, 2.45) is 12.8 Å². The predicted octanol–water partition coefficient (Wildman–Crippen LogP) is 0.344. The number of aromatic nitrogens is 4. The SMILES string of the molecule is CN(C)C1(C(N)Cc2nnn(C)n2)CCCCC1. The van der Waals surface area contributed by atoms with E-state index in [9.17, 15) is 0 Å². The Morgan fingerprint density at radius 1 is 1.33 bits per heavy atom. The number of nitrogens with two attached hydrogens (primary N) is 1. The zero-order valence-corrected chi connectivity index (χ0v) is 11.6. The second-order valence-electron chi connectivity index (χ2n) is 5.56. The molecule has 0 amide bonds. The summed E-state index contributed by atoms with van der Waals surface area (Å²) in [5, 5.41) is 12.1. The van der Waals surface area contributed by atoms with Gasteiger partial charge in [0.1, 0.15) is 0 Å². The summed E-state index contributed by atoms with van der Waals surface area (Å²) < 4.78 is 0. The van der Waals surface area contributed by atoms with Gasteiger partial charge in [0.15, 0.2) is 5.82 Å². The summed E-state index contributed by atoms with van der Waals surface area (Å²) in [6.07, 6.45) is 6.89. The van der Waals surface area contributed by atoms with Crippen molar-refractivity contribution < 1.29 is 0 Å². The largest absolute Gasteiger partial charge is 0.326 e. The molecule has 1 heterocycles. The molecule has 0 bridgehead atoms. The molecule has 1 unspecified atom stereocenters. The first-order chi connectivity index (χ1) is 8.54. The van der Waals surface area contributed by atoms with Crippen LogP contribution in [0.3, 0.4) is 0 Å². The Morgan fingerprint density at radius 3 is 2.50 bits per heavy atom. The highest BCUT2D eigenvalue weighted by atomic mass is 15.6. The maximum Gasteiger partial charge on any atom is 0.176 e. The van der Waals surface area contributed by atoms with Crippen molar-refractivity contribution >= 4 is 0 Å². The van der Waals surface area contributed by atoms with Gasteiger partial charge in [-0.25, -0.2) is 0 Å². The van der Waals surface area contributed by atoms with Crippen molar-refractivity contribution in [1.82, 2.24) is 25.1 Å². The Hall–Kier alpha value is -1.01. The lowest BCUT2D eigenvalue weighted by atomic mass is 9.74. The molecule has 0 radical (unpaired) electrons. The van der Waals surface area contributed by atoms with Gasteiger partial charge in [-0.2, -0.15) is 4.80 Å². The standard InChI is InChI=1S/C12H24N6/c1-17(2)12(7-5-4-6-8-12)10(13)9-11-14-16-18(3)15-11/h10H,4-9,13H2,1-3H3. The third-order valence-corrected chi connectivity index (χ3v) is 4.25. The smallest absolute Gasteiger partial charge is 0.176 e. The van der Waals surface area contributed by atoms with Crippen LogP contribution in [0.5, 0.6) is 0 Å². The molecule has 1 fully saturated rings. The maximum atomic E-state index is 6.47. The number of hydrogen-bond donors (Lipinski definition) is 1. The van der Waals surface area contributed by atoms with E-state index in [4.69, 9.17) is 5.73 Å². The van der Waals surface area contributed by atoms with Crippen LogP contribution in [0, 0.1) is 0 Å². The summed E-state index contributed by atoms with van der Waals surface area (Å²) in [5.74, 6) is 0.747. The molecular formula is C12H24N6. The fraction of sp³-hybridized carbons (Fsp3) is 0.917. The fourth-order valence-corrected chi connectivity index (χ4v) is 3.11. The third-order valence-electron chi connectivity index (χ3n) is 4.25. The van der Waals surface area contributed by atoms with Crippen molar-refractivity contribution in [2.75, 3.05) is 14.1 Å². The molecule has 1 aromatic heterocycles. The van der Waals surface area contributed by atoms with Gasteiger partial charge in [-0.3, -0.25) is 0 Å². The molecule has 2 N–H and O–H groups in total. The van der Waals surface area contributed by atoms with Crippen LogP contribution in [0.2, 0.25) is 0 Å². The van der Waals surface area contributed by atoms with Crippen LogP contribution in [0.15, 0.2) is 0 Å². The summed E-state index contributed by atoms with van der Waals surface area (Å²) in [7, 11) is 6.05. The molecular weight excluding hydrogens is 228 g/mol. The van der Waals surface area contributed by atoms with E-state index >= 15 is 0 Å². The highest BCUT2D eigenvalue weighted by Crippen LogP contribution is 2.35. The van der Waals surface area contributed by atoms with Gasteiger partial charge in [-0.05, 0) is 32.2 Å². The Bertz CT molecular complexity index is 380. The summed E-state index contributed by atoms with van der Waals surface area (Å²) in [4.78, 5) is 3.79. The molecule has 6 nitrogen and oxygen atoms in total. The van der Waals surface area contributed by atoms with Crippen LogP contribution >= 0.6 is 0 Å². The number of hydrogen-bond acceptors (Lipinski definition) is 5. The van der Waals surface area contributed by atoms with Gasteiger partial charge in [0.25, 0.3) is 0 Å². The third kappa shape index (κ3) is 2.54. The Balaban J connectivity index is 2.10. The van der Waals surface area contributed by atoms with E-state index in [0.29, 0.717) is 6.42 Å². The Kier molecular flexibility index (Phi) is 3.97. The van der Waals surface area contributed by atoms with Gasteiger partial charge < -0.3 is 10.6 Å². The topological polar surface area (TPSA) is 72.9 Å². The van der Waals surface area contributed by atoms with Crippen LogP contribution in [0.1, 0.15) is 37.9 Å². The highest BCUT2D eigenvalue weighted by Gasteiger charge is 2.40. The van der Waals surface area contributed by atoms with Gasteiger partial charge in [-0.1, -0.05) is 19.3 Å².